The first-order valence-corrected chi connectivity index (χ1v) is 8.79. The number of nitrogens with one attached hydrogen (secondary N) is 1. The zero-order valence-corrected chi connectivity index (χ0v) is 14.5. The highest BCUT2D eigenvalue weighted by molar-refractivity contribution is 7.80. The maximum atomic E-state index is 5.95. The molecule has 0 amide bonds. The van der Waals surface area contributed by atoms with E-state index < -0.39 is 0 Å². The number of hydrogen-bond donors (Lipinski definition) is 1. The normalized spacial score (nSPS) is 26.8. The molecule has 0 saturated carbocycles. The molecule has 4 heterocycles. The summed E-state index contributed by atoms with van der Waals surface area (Å²) >= 11 is 5.63. The van der Waals surface area contributed by atoms with Crippen LogP contribution in [-0.4, -0.2) is 34.3 Å². The molecule has 2 aromatic heterocycles. The number of furan rings is 1. The van der Waals surface area contributed by atoms with E-state index in [9.17, 15) is 0 Å². The second kappa shape index (κ2) is 6.53. The highest BCUT2D eigenvalue weighted by Gasteiger charge is 2.42. The summed E-state index contributed by atoms with van der Waals surface area (Å²) in [7, 11) is 0. The quantitative estimate of drug-likeness (QED) is 0.861. The maximum Gasteiger partial charge on any atom is 0.170 e. The van der Waals surface area contributed by atoms with E-state index in [1.807, 2.05) is 43.5 Å². The van der Waals surface area contributed by atoms with Crippen molar-refractivity contribution in [3.05, 3.63) is 53.7 Å². The van der Waals surface area contributed by atoms with Crippen molar-refractivity contribution in [2.24, 2.45) is 0 Å². The minimum absolute atomic E-state index is 0.00898. The summed E-state index contributed by atoms with van der Waals surface area (Å²) in [4.78, 5) is 6.72. The van der Waals surface area contributed by atoms with Crippen molar-refractivity contribution in [2.45, 2.75) is 38.0 Å². The van der Waals surface area contributed by atoms with E-state index in [1.54, 1.807) is 0 Å². The fourth-order valence-electron chi connectivity index (χ4n) is 3.53. The lowest BCUT2D eigenvalue weighted by molar-refractivity contribution is 0.0816. The largest absolute Gasteiger partial charge is 0.464 e. The Hall–Kier alpha value is -1.92. The average Bonchev–Trinajstić information content (AvgIpc) is 3.31. The fraction of sp³-hybridized carbons (Fsp3) is 0.444. The predicted octanol–water partition coefficient (Wildman–Crippen LogP) is 3.13. The Kier molecular flexibility index (Phi) is 4.24. The van der Waals surface area contributed by atoms with Gasteiger partial charge in [-0.3, -0.25) is 4.98 Å². The Bertz CT molecular complexity index is 712. The molecule has 3 atom stereocenters. The van der Waals surface area contributed by atoms with Gasteiger partial charge in [0.2, 0.25) is 0 Å². The molecule has 5 nitrogen and oxygen atoms in total. The number of aryl methyl sites for hydroxylation is 1. The number of nitrogens with zero attached hydrogens (tertiary/aromatic N) is 2. The molecule has 3 unspecified atom stereocenters. The van der Waals surface area contributed by atoms with Crippen LogP contribution >= 0.6 is 12.2 Å². The number of thiocarbonyl (C=S) groups is 1. The molecule has 24 heavy (non-hydrogen) atoms. The minimum Gasteiger partial charge on any atom is -0.464 e. The van der Waals surface area contributed by atoms with Crippen LogP contribution in [-0.2, 0) is 4.74 Å². The van der Waals surface area contributed by atoms with E-state index in [0.717, 1.165) is 48.3 Å². The van der Waals surface area contributed by atoms with Crippen LogP contribution in [0.3, 0.4) is 0 Å². The van der Waals surface area contributed by atoms with Gasteiger partial charge in [0.25, 0.3) is 0 Å². The lowest BCUT2D eigenvalue weighted by atomic mass is 10.0. The summed E-state index contributed by atoms with van der Waals surface area (Å²) in [5, 5.41) is 4.17. The van der Waals surface area contributed by atoms with E-state index in [1.165, 1.54) is 0 Å². The Balaban J connectivity index is 1.67. The fourth-order valence-corrected chi connectivity index (χ4v) is 3.85. The first-order valence-electron chi connectivity index (χ1n) is 8.38. The second-order valence-corrected chi connectivity index (χ2v) is 6.75. The molecule has 2 saturated heterocycles. The molecule has 6 heteroatoms. The van der Waals surface area contributed by atoms with Gasteiger partial charge in [-0.2, -0.15) is 0 Å². The molecule has 1 N–H and O–H groups in total. The van der Waals surface area contributed by atoms with Crippen LogP contribution in [0.15, 0.2) is 40.9 Å². The Morgan fingerprint density at radius 3 is 2.92 bits per heavy atom. The van der Waals surface area contributed by atoms with Gasteiger partial charge in [-0.1, -0.05) is 6.07 Å². The molecule has 2 aliphatic rings. The topological polar surface area (TPSA) is 50.5 Å². The second-order valence-electron chi connectivity index (χ2n) is 6.36. The van der Waals surface area contributed by atoms with Crippen LogP contribution in [0, 0.1) is 6.92 Å². The minimum atomic E-state index is -0.0225. The molecular formula is C18H21N3O2S. The first-order chi connectivity index (χ1) is 11.7. The molecule has 0 bridgehead atoms. The van der Waals surface area contributed by atoms with Crippen molar-refractivity contribution in [1.82, 2.24) is 15.2 Å². The third-order valence-corrected chi connectivity index (χ3v) is 5.03. The van der Waals surface area contributed by atoms with Crippen LogP contribution < -0.4 is 5.32 Å². The summed E-state index contributed by atoms with van der Waals surface area (Å²) in [6.07, 6.45) is 4.24. The van der Waals surface area contributed by atoms with Gasteiger partial charge in [0.05, 0.1) is 17.8 Å². The highest BCUT2D eigenvalue weighted by Crippen LogP contribution is 2.39. The molecule has 4 rings (SSSR count). The number of rotatable bonds is 4. The van der Waals surface area contributed by atoms with E-state index in [4.69, 9.17) is 21.4 Å². The van der Waals surface area contributed by atoms with E-state index in [0.29, 0.717) is 0 Å². The van der Waals surface area contributed by atoms with Crippen molar-refractivity contribution in [3.8, 4) is 0 Å². The summed E-state index contributed by atoms with van der Waals surface area (Å²) in [6, 6.07) is 9.95. The van der Waals surface area contributed by atoms with E-state index in [-0.39, 0.29) is 18.2 Å². The molecule has 2 aliphatic heterocycles. The smallest absolute Gasteiger partial charge is 0.170 e. The Morgan fingerprint density at radius 2 is 2.25 bits per heavy atom. The van der Waals surface area contributed by atoms with Crippen molar-refractivity contribution in [2.75, 3.05) is 13.2 Å². The van der Waals surface area contributed by atoms with Crippen LogP contribution in [0.25, 0.3) is 0 Å². The number of aromatic nitrogens is 1. The van der Waals surface area contributed by atoms with Crippen molar-refractivity contribution >= 4 is 17.3 Å². The molecule has 0 aromatic carbocycles. The first kappa shape index (κ1) is 15.6. The molecule has 0 aliphatic carbocycles. The molecular weight excluding hydrogens is 322 g/mol. The summed E-state index contributed by atoms with van der Waals surface area (Å²) in [5.41, 5.74) is 0.966. The molecule has 0 spiro atoms. The predicted molar refractivity (Wildman–Crippen MR) is 94.6 cm³/mol. The lowest BCUT2D eigenvalue weighted by Gasteiger charge is -2.28. The van der Waals surface area contributed by atoms with E-state index >= 15 is 0 Å². The summed E-state index contributed by atoms with van der Waals surface area (Å²) in [5.74, 6) is 1.81. The average molecular weight is 343 g/mol. The maximum absolute atomic E-state index is 5.95. The Morgan fingerprint density at radius 1 is 1.33 bits per heavy atom. The zero-order valence-electron chi connectivity index (χ0n) is 13.6. The van der Waals surface area contributed by atoms with Crippen LogP contribution in [0.1, 0.15) is 42.1 Å². The van der Waals surface area contributed by atoms with Crippen LogP contribution in [0.2, 0.25) is 0 Å². The van der Waals surface area contributed by atoms with Crippen molar-refractivity contribution in [1.29, 1.82) is 0 Å². The van der Waals surface area contributed by atoms with Gasteiger partial charge in [-0.05, 0) is 56.2 Å². The van der Waals surface area contributed by atoms with Gasteiger partial charge in [-0.25, -0.2) is 0 Å². The SMILES string of the molecule is Cc1ccc(C2C(c3ccccn3)NC(=S)N2CC2CCCO2)o1. The van der Waals surface area contributed by atoms with Gasteiger partial charge in [0, 0.05) is 19.3 Å². The third-order valence-electron chi connectivity index (χ3n) is 4.67. The molecule has 2 aromatic rings. The summed E-state index contributed by atoms with van der Waals surface area (Å²) in [6.45, 7) is 3.58. The number of hydrogen-bond acceptors (Lipinski definition) is 4. The standard InChI is InChI=1S/C18H21N3O2S/c1-12-7-8-15(23-12)17-16(14-6-2-3-9-19-14)20-18(24)21(17)11-13-5-4-10-22-13/h2-3,6-9,13,16-17H,4-5,10-11H2,1H3,(H,20,24). The molecule has 0 radical (unpaired) electrons. The van der Waals surface area contributed by atoms with Crippen molar-refractivity contribution in [3.63, 3.8) is 0 Å². The monoisotopic (exact) mass is 343 g/mol. The van der Waals surface area contributed by atoms with Gasteiger partial charge in [0.15, 0.2) is 5.11 Å². The van der Waals surface area contributed by atoms with Gasteiger partial charge in [-0.15, -0.1) is 0 Å². The van der Waals surface area contributed by atoms with E-state index in [2.05, 4.69) is 15.2 Å². The lowest BCUT2D eigenvalue weighted by Crippen LogP contribution is -2.36. The van der Waals surface area contributed by atoms with Gasteiger partial charge >= 0.3 is 0 Å². The third kappa shape index (κ3) is 2.91. The Labute approximate surface area is 147 Å². The van der Waals surface area contributed by atoms with Crippen LogP contribution in [0.5, 0.6) is 0 Å². The molecule has 2 fully saturated rings. The van der Waals surface area contributed by atoms with Crippen LogP contribution in [0.4, 0.5) is 0 Å². The van der Waals surface area contributed by atoms with Gasteiger partial charge < -0.3 is 19.4 Å². The zero-order chi connectivity index (χ0) is 16.5. The van der Waals surface area contributed by atoms with Gasteiger partial charge in [0.1, 0.15) is 17.6 Å². The molecule has 126 valence electrons. The number of ether oxygens (including phenoxy) is 1. The van der Waals surface area contributed by atoms with Crippen molar-refractivity contribution < 1.29 is 9.15 Å². The summed E-state index contributed by atoms with van der Waals surface area (Å²) < 4.78 is 11.8. The number of pyridine rings is 1. The highest BCUT2D eigenvalue weighted by atomic mass is 32.1.